The number of nitrogens with zero attached hydrogens (tertiary/aromatic N) is 2. The van der Waals surface area contributed by atoms with Gasteiger partial charge in [-0.25, -0.2) is 4.79 Å². The van der Waals surface area contributed by atoms with Crippen LogP contribution in [0.5, 0.6) is 5.75 Å². The number of hydrogen-bond acceptors (Lipinski definition) is 4. The Morgan fingerprint density at radius 3 is 2.31 bits per heavy atom. The van der Waals surface area contributed by atoms with Crippen LogP contribution in [0, 0.1) is 13.8 Å². The lowest BCUT2D eigenvalue weighted by Crippen LogP contribution is -2.24. The number of methoxy groups -OCH3 is 2. The van der Waals surface area contributed by atoms with E-state index in [0.29, 0.717) is 23.4 Å². The van der Waals surface area contributed by atoms with E-state index in [-0.39, 0.29) is 5.91 Å². The number of carbonyl (C=O) groups is 2. The molecule has 3 rings (SSSR count). The number of benzene rings is 1. The van der Waals surface area contributed by atoms with E-state index in [0.717, 1.165) is 28.4 Å². The van der Waals surface area contributed by atoms with E-state index in [2.05, 4.69) is 4.57 Å². The number of carbonyl (C=O) groups excluding carboxylic acids is 2. The first kappa shape index (κ1) is 20.5. The van der Waals surface area contributed by atoms with Gasteiger partial charge in [0, 0.05) is 29.3 Å². The van der Waals surface area contributed by atoms with E-state index in [1.807, 2.05) is 51.1 Å². The summed E-state index contributed by atoms with van der Waals surface area (Å²) in [7, 11) is 2.97. The van der Waals surface area contributed by atoms with E-state index in [1.54, 1.807) is 25.0 Å². The van der Waals surface area contributed by atoms with Gasteiger partial charge in [0.25, 0.3) is 5.91 Å². The van der Waals surface area contributed by atoms with Crippen molar-refractivity contribution in [1.29, 1.82) is 0 Å². The number of likely N-dealkylation sites (N-methyl/N-ethyl adjacent to an activating group) is 1. The van der Waals surface area contributed by atoms with Crippen LogP contribution < -0.4 is 4.74 Å². The zero-order valence-electron chi connectivity index (χ0n) is 17.7. The van der Waals surface area contributed by atoms with Crippen molar-refractivity contribution in [3.05, 3.63) is 64.1 Å². The minimum Gasteiger partial charge on any atom is -0.497 e. The maximum atomic E-state index is 12.9. The lowest BCUT2D eigenvalue weighted by Gasteiger charge is -2.14. The molecule has 6 heteroatoms. The van der Waals surface area contributed by atoms with Crippen LogP contribution in [-0.4, -0.2) is 42.1 Å². The molecule has 0 aliphatic carbocycles. The molecule has 0 spiro atoms. The number of rotatable bonds is 5. The summed E-state index contributed by atoms with van der Waals surface area (Å²) in [6, 6.07) is 9.80. The minimum atomic E-state index is -0.498. The highest BCUT2D eigenvalue weighted by Gasteiger charge is 2.36. The summed E-state index contributed by atoms with van der Waals surface area (Å²) in [5, 5.41) is 0. The summed E-state index contributed by atoms with van der Waals surface area (Å²) < 4.78 is 12.3. The SMILES string of the molecule is CCN1C(=O)/C(=C\c2cc(C)n(-c3ccc(OC)cc3)c2C)C(C(=O)OC)=C1C. The first-order valence-electron chi connectivity index (χ1n) is 9.50. The Bertz CT molecular complexity index is 1030. The summed E-state index contributed by atoms with van der Waals surface area (Å²) in [4.78, 5) is 26.9. The molecule has 1 aliphatic heterocycles. The Balaban J connectivity index is 2.10. The molecule has 0 radical (unpaired) electrons. The zero-order valence-corrected chi connectivity index (χ0v) is 17.7. The summed E-state index contributed by atoms with van der Waals surface area (Å²) in [5.41, 5.74) is 5.20. The molecule has 6 nitrogen and oxygen atoms in total. The second-order valence-electron chi connectivity index (χ2n) is 6.92. The Hall–Kier alpha value is -3.28. The quantitative estimate of drug-likeness (QED) is 0.572. The summed E-state index contributed by atoms with van der Waals surface area (Å²) >= 11 is 0. The molecule has 0 unspecified atom stereocenters. The fourth-order valence-electron chi connectivity index (χ4n) is 3.83. The van der Waals surface area contributed by atoms with Gasteiger partial charge in [0.1, 0.15) is 5.75 Å². The summed E-state index contributed by atoms with van der Waals surface area (Å²) in [5.74, 6) is 0.111. The molecular formula is C23H26N2O4. The summed E-state index contributed by atoms with van der Waals surface area (Å²) in [6.45, 7) is 8.16. The Labute approximate surface area is 171 Å². The van der Waals surface area contributed by atoms with Gasteiger partial charge in [-0.05, 0) is 69.7 Å². The van der Waals surface area contributed by atoms with Gasteiger partial charge in [-0.2, -0.15) is 0 Å². The van der Waals surface area contributed by atoms with Crippen LogP contribution >= 0.6 is 0 Å². The predicted molar refractivity (Wildman–Crippen MR) is 112 cm³/mol. The van der Waals surface area contributed by atoms with Crippen molar-refractivity contribution in [2.75, 3.05) is 20.8 Å². The van der Waals surface area contributed by atoms with Crippen molar-refractivity contribution in [3.63, 3.8) is 0 Å². The third-order valence-electron chi connectivity index (χ3n) is 5.32. The smallest absolute Gasteiger partial charge is 0.340 e. The average Bonchev–Trinajstić information content (AvgIpc) is 3.13. The number of aryl methyl sites for hydroxylation is 1. The number of hydrogen-bond donors (Lipinski definition) is 0. The first-order valence-corrected chi connectivity index (χ1v) is 9.50. The number of allylic oxidation sites excluding steroid dienone is 1. The van der Waals surface area contributed by atoms with Crippen LogP contribution in [0.4, 0.5) is 0 Å². The van der Waals surface area contributed by atoms with E-state index in [1.165, 1.54) is 7.11 Å². The van der Waals surface area contributed by atoms with Crippen LogP contribution in [0.1, 0.15) is 30.8 Å². The predicted octanol–water partition coefficient (Wildman–Crippen LogP) is 3.80. The second-order valence-corrected chi connectivity index (χ2v) is 6.92. The molecule has 0 fully saturated rings. The molecule has 0 saturated carbocycles. The molecule has 2 heterocycles. The molecule has 1 aliphatic rings. The fraction of sp³-hybridized carbons (Fsp3) is 0.304. The lowest BCUT2D eigenvalue weighted by atomic mass is 10.0. The molecule has 0 N–H and O–H groups in total. The van der Waals surface area contributed by atoms with Crippen LogP contribution in [0.2, 0.25) is 0 Å². The molecule has 29 heavy (non-hydrogen) atoms. The molecule has 1 aromatic carbocycles. The van der Waals surface area contributed by atoms with Crippen molar-refractivity contribution < 1.29 is 19.1 Å². The molecule has 0 atom stereocenters. The highest BCUT2D eigenvalue weighted by Crippen LogP contribution is 2.33. The number of aromatic nitrogens is 1. The maximum Gasteiger partial charge on any atom is 0.340 e. The van der Waals surface area contributed by atoms with Crippen molar-refractivity contribution in [2.45, 2.75) is 27.7 Å². The molecule has 1 amide bonds. The monoisotopic (exact) mass is 394 g/mol. The molecule has 152 valence electrons. The van der Waals surface area contributed by atoms with Crippen LogP contribution in [0.25, 0.3) is 11.8 Å². The standard InChI is InChI=1S/C23H26N2O4/c1-7-24-16(4)21(23(27)29-6)20(22(24)26)13-17-12-14(2)25(15(17)3)18-8-10-19(28-5)11-9-18/h8-13H,7H2,1-6H3/b20-13-. The van der Waals surface area contributed by atoms with Gasteiger partial charge in [-0.3, -0.25) is 4.79 Å². The van der Waals surface area contributed by atoms with Gasteiger partial charge in [-0.1, -0.05) is 0 Å². The van der Waals surface area contributed by atoms with Crippen molar-refractivity contribution in [2.24, 2.45) is 0 Å². The first-order chi connectivity index (χ1) is 13.8. The van der Waals surface area contributed by atoms with Gasteiger partial charge >= 0.3 is 5.97 Å². The largest absolute Gasteiger partial charge is 0.497 e. The fourth-order valence-corrected chi connectivity index (χ4v) is 3.83. The van der Waals surface area contributed by atoms with E-state index in [4.69, 9.17) is 9.47 Å². The molecule has 0 saturated heterocycles. The maximum absolute atomic E-state index is 12.9. The van der Waals surface area contributed by atoms with Crippen LogP contribution in [-0.2, 0) is 14.3 Å². The van der Waals surface area contributed by atoms with E-state index >= 15 is 0 Å². The van der Waals surface area contributed by atoms with Gasteiger partial charge < -0.3 is 18.9 Å². The molecule has 0 bridgehead atoms. The highest BCUT2D eigenvalue weighted by atomic mass is 16.5. The van der Waals surface area contributed by atoms with Gasteiger partial charge in [0.05, 0.1) is 25.4 Å². The van der Waals surface area contributed by atoms with Crippen molar-refractivity contribution in [3.8, 4) is 11.4 Å². The normalized spacial score (nSPS) is 15.4. The van der Waals surface area contributed by atoms with E-state index < -0.39 is 5.97 Å². The number of ether oxygens (including phenoxy) is 2. The molecule has 2 aromatic rings. The van der Waals surface area contributed by atoms with Gasteiger partial charge in [0.2, 0.25) is 0 Å². The topological polar surface area (TPSA) is 60.8 Å². The Kier molecular flexibility index (Phi) is 5.64. The lowest BCUT2D eigenvalue weighted by molar-refractivity contribution is -0.136. The third kappa shape index (κ3) is 3.46. The Morgan fingerprint density at radius 1 is 1.10 bits per heavy atom. The van der Waals surface area contributed by atoms with E-state index in [9.17, 15) is 9.59 Å². The Morgan fingerprint density at radius 2 is 1.76 bits per heavy atom. The number of esters is 1. The highest BCUT2D eigenvalue weighted by molar-refractivity contribution is 6.16. The minimum absolute atomic E-state index is 0.181. The average molecular weight is 394 g/mol. The second kappa shape index (κ2) is 7.99. The van der Waals surface area contributed by atoms with Gasteiger partial charge in [0.15, 0.2) is 0 Å². The van der Waals surface area contributed by atoms with Crippen molar-refractivity contribution in [1.82, 2.24) is 9.47 Å². The van der Waals surface area contributed by atoms with Crippen LogP contribution in [0.15, 0.2) is 47.2 Å². The van der Waals surface area contributed by atoms with Gasteiger partial charge in [-0.15, -0.1) is 0 Å². The zero-order chi connectivity index (χ0) is 21.3. The summed E-state index contributed by atoms with van der Waals surface area (Å²) in [6.07, 6.45) is 1.79. The number of amides is 1. The third-order valence-corrected chi connectivity index (χ3v) is 5.32. The molecule has 1 aromatic heterocycles. The van der Waals surface area contributed by atoms with Crippen molar-refractivity contribution >= 4 is 18.0 Å². The molecular weight excluding hydrogens is 368 g/mol. The van der Waals surface area contributed by atoms with Crippen LogP contribution in [0.3, 0.4) is 0 Å².